The first-order chi connectivity index (χ1) is 15.2. The van der Waals surface area contributed by atoms with Crippen LogP contribution >= 0.6 is 11.3 Å². The van der Waals surface area contributed by atoms with Gasteiger partial charge in [-0.2, -0.15) is 0 Å². The minimum Gasteiger partial charge on any atom is -0.293 e. The Balaban J connectivity index is 1.81. The summed E-state index contributed by atoms with van der Waals surface area (Å²) in [7, 11) is 0. The number of Topliss-reactive ketones (excluding diaryl/α,β-unsaturated/α-hetero) is 2. The van der Waals surface area contributed by atoms with E-state index >= 15 is 0 Å². The van der Waals surface area contributed by atoms with Crippen LogP contribution in [-0.4, -0.2) is 11.6 Å². The van der Waals surface area contributed by atoms with Crippen LogP contribution in [0.5, 0.6) is 0 Å². The molecule has 0 amide bonds. The van der Waals surface area contributed by atoms with E-state index in [2.05, 4.69) is 0 Å². The Morgan fingerprint density at radius 2 is 1.29 bits per heavy atom. The van der Waals surface area contributed by atoms with Gasteiger partial charge in [0.2, 0.25) is 0 Å². The van der Waals surface area contributed by atoms with Gasteiger partial charge in [0.05, 0.1) is 10.8 Å². The number of hydrogen-bond donors (Lipinski definition) is 0. The number of thiophene rings is 1. The fourth-order valence-corrected chi connectivity index (χ4v) is 4.37. The Labute approximate surface area is 186 Å². The van der Waals surface area contributed by atoms with Crippen LogP contribution in [0.3, 0.4) is 0 Å². The number of hydrogen-bond acceptors (Lipinski definition) is 3. The Morgan fingerprint density at radius 1 is 0.677 bits per heavy atom. The van der Waals surface area contributed by atoms with Crippen molar-refractivity contribution in [2.75, 3.05) is 0 Å². The minimum absolute atomic E-state index is 0.143. The molecule has 2 atom stereocenters. The lowest BCUT2D eigenvalue weighted by atomic mass is 9.78. The van der Waals surface area contributed by atoms with Gasteiger partial charge in [0, 0.05) is 11.5 Å². The summed E-state index contributed by atoms with van der Waals surface area (Å²) in [6.07, 6.45) is 3.98. The summed E-state index contributed by atoms with van der Waals surface area (Å²) in [5.41, 5.74) is 2.51. The summed E-state index contributed by atoms with van der Waals surface area (Å²) in [4.78, 5) is 27.9. The van der Waals surface area contributed by atoms with E-state index in [0.29, 0.717) is 10.4 Å². The Hall–Kier alpha value is -3.56. The monoisotopic (exact) mass is 422 g/mol. The molecule has 0 fully saturated rings. The zero-order chi connectivity index (χ0) is 21.5. The molecule has 0 bridgehead atoms. The van der Waals surface area contributed by atoms with Gasteiger partial charge in [-0.05, 0) is 22.6 Å². The summed E-state index contributed by atoms with van der Waals surface area (Å²) in [6, 6.07) is 32.4. The molecule has 3 heteroatoms. The van der Waals surface area contributed by atoms with E-state index in [1.807, 2.05) is 102 Å². The normalized spacial score (nSPS) is 13.0. The highest BCUT2D eigenvalue weighted by Gasteiger charge is 2.36. The van der Waals surface area contributed by atoms with Crippen LogP contribution in [0.15, 0.2) is 115 Å². The van der Waals surface area contributed by atoms with Crippen molar-refractivity contribution in [3.8, 4) is 0 Å². The first-order valence-electron chi connectivity index (χ1n) is 10.2. The zero-order valence-corrected chi connectivity index (χ0v) is 17.7. The first kappa shape index (κ1) is 20.7. The van der Waals surface area contributed by atoms with Crippen LogP contribution in [0.25, 0.3) is 6.08 Å². The van der Waals surface area contributed by atoms with Gasteiger partial charge in [-0.3, -0.25) is 9.59 Å². The second-order valence-electron chi connectivity index (χ2n) is 7.26. The SMILES string of the molecule is O=C(c1ccccc1)C(C(=O)c1cccs1)C(/C=C/c1ccccc1)c1ccccc1. The van der Waals surface area contributed by atoms with Gasteiger partial charge in [-0.25, -0.2) is 0 Å². The van der Waals surface area contributed by atoms with Crippen molar-refractivity contribution in [1.29, 1.82) is 0 Å². The van der Waals surface area contributed by atoms with Gasteiger partial charge in [-0.1, -0.05) is 109 Å². The second-order valence-corrected chi connectivity index (χ2v) is 8.20. The molecule has 0 aliphatic rings. The smallest absolute Gasteiger partial charge is 0.184 e. The molecule has 0 saturated carbocycles. The van der Waals surface area contributed by atoms with E-state index in [0.717, 1.165) is 11.1 Å². The van der Waals surface area contributed by atoms with E-state index in [4.69, 9.17) is 0 Å². The summed E-state index contributed by atoms with van der Waals surface area (Å²) in [5.74, 6) is -1.53. The topological polar surface area (TPSA) is 34.1 Å². The lowest BCUT2D eigenvalue weighted by Crippen LogP contribution is -2.29. The molecule has 0 saturated heterocycles. The molecule has 3 aromatic carbocycles. The van der Waals surface area contributed by atoms with E-state index < -0.39 is 5.92 Å². The molecule has 152 valence electrons. The highest BCUT2D eigenvalue weighted by Crippen LogP contribution is 2.33. The third kappa shape index (κ3) is 4.96. The van der Waals surface area contributed by atoms with Crippen molar-refractivity contribution in [1.82, 2.24) is 0 Å². The summed E-state index contributed by atoms with van der Waals surface area (Å²) in [5, 5.41) is 1.87. The molecule has 0 N–H and O–H groups in total. The van der Waals surface area contributed by atoms with Crippen molar-refractivity contribution >= 4 is 29.0 Å². The van der Waals surface area contributed by atoms with Crippen LogP contribution in [0.1, 0.15) is 37.1 Å². The average molecular weight is 423 g/mol. The van der Waals surface area contributed by atoms with Crippen LogP contribution < -0.4 is 0 Å². The van der Waals surface area contributed by atoms with Gasteiger partial charge in [0.15, 0.2) is 11.6 Å². The van der Waals surface area contributed by atoms with Gasteiger partial charge in [0.1, 0.15) is 0 Å². The van der Waals surface area contributed by atoms with Gasteiger partial charge >= 0.3 is 0 Å². The van der Waals surface area contributed by atoms with Crippen LogP contribution in [0, 0.1) is 5.92 Å². The van der Waals surface area contributed by atoms with Crippen LogP contribution in [0.4, 0.5) is 0 Å². The lowest BCUT2D eigenvalue weighted by molar-refractivity contribution is 0.0797. The molecule has 0 radical (unpaired) electrons. The minimum atomic E-state index is -0.844. The second kappa shape index (κ2) is 9.96. The molecule has 2 unspecified atom stereocenters. The van der Waals surface area contributed by atoms with Crippen LogP contribution in [-0.2, 0) is 0 Å². The molecule has 0 spiro atoms. The summed E-state index contributed by atoms with van der Waals surface area (Å²) >= 11 is 1.37. The fraction of sp³-hybridized carbons (Fsp3) is 0.0714. The van der Waals surface area contributed by atoms with E-state index in [9.17, 15) is 9.59 Å². The van der Waals surface area contributed by atoms with Crippen LogP contribution in [0.2, 0.25) is 0 Å². The number of allylic oxidation sites excluding steroid dienone is 1. The Kier molecular flexibility index (Phi) is 6.65. The maximum absolute atomic E-state index is 13.7. The first-order valence-corrected chi connectivity index (χ1v) is 11.1. The molecule has 4 aromatic rings. The van der Waals surface area contributed by atoms with Gasteiger partial charge in [-0.15, -0.1) is 11.3 Å². The number of ketones is 2. The number of benzene rings is 3. The average Bonchev–Trinajstić information content (AvgIpc) is 3.38. The molecule has 0 aliphatic heterocycles. The number of carbonyl (C=O) groups is 2. The third-order valence-corrected chi connectivity index (χ3v) is 6.11. The fourth-order valence-electron chi connectivity index (χ4n) is 3.67. The van der Waals surface area contributed by atoms with Crippen molar-refractivity contribution in [3.63, 3.8) is 0 Å². The van der Waals surface area contributed by atoms with Crippen molar-refractivity contribution in [2.45, 2.75) is 5.92 Å². The Bertz CT molecular complexity index is 1150. The van der Waals surface area contributed by atoms with E-state index in [-0.39, 0.29) is 17.5 Å². The molecule has 2 nitrogen and oxygen atoms in total. The maximum Gasteiger partial charge on any atom is 0.184 e. The van der Waals surface area contributed by atoms with Crippen molar-refractivity contribution in [3.05, 3.63) is 136 Å². The molecule has 4 rings (SSSR count). The van der Waals surface area contributed by atoms with Gasteiger partial charge in [0.25, 0.3) is 0 Å². The zero-order valence-electron chi connectivity index (χ0n) is 16.9. The number of rotatable bonds is 8. The third-order valence-electron chi connectivity index (χ3n) is 5.23. The van der Waals surface area contributed by atoms with Crippen molar-refractivity contribution in [2.24, 2.45) is 5.92 Å². The maximum atomic E-state index is 13.7. The standard InChI is InChI=1S/C28H22O2S/c29-27(23-15-8-3-9-16-23)26(28(30)25-17-10-20-31-25)24(22-13-6-2-7-14-22)19-18-21-11-4-1-5-12-21/h1-20,24,26H/b19-18+. The van der Waals surface area contributed by atoms with E-state index in [1.54, 1.807) is 18.2 Å². The largest absolute Gasteiger partial charge is 0.293 e. The Morgan fingerprint density at radius 3 is 1.90 bits per heavy atom. The van der Waals surface area contributed by atoms with Gasteiger partial charge < -0.3 is 0 Å². The van der Waals surface area contributed by atoms with Crippen molar-refractivity contribution < 1.29 is 9.59 Å². The lowest BCUT2D eigenvalue weighted by Gasteiger charge is -2.23. The quantitative estimate of drug-likeness (QED) is 0.228. The molecule has 1 heterocycles. The highest BCUT2D eigenvalue weighted by atomic mass is 32.1. The number of carbonyl (C=O) groups excluding carboxylic acids is 2. The molecule has 31 heavy (non-hydrogen) atoms. The predicted molar refractivity (Wildman–Crippen MR) is 128 cm³/mol. The molecule has 0 aliphatic carbocycles. The summed E-state index contributed by atoms with van der Waals surface area (Å²) in [6.45, 7) is 0. The molecular weight excluding hydrogens is 400 g/mol. The predicted octanol–water partition coefficient (Wildman–Crippen LogP) is 6.93. The highest BCUT2D eigenvalue weighted by molar-refractivity contribution is 7.12. The summed E-state index contributed by atoms with van der Waals surface area (Å²) < 4.78 is 0. The molecular formula is C28H22O2S. The van der Waals surface area contributed by atoms with E-state index in [1.165, 1.54) is 11.3 Å². The molecule has 1 aromatic heterocycles.